The van der Waals surface area contributed by atoms with Crippen molar-refractivity contribution in [2.45, 2.75) is 110 Å². The van der Waals surface area contributed by atoms with E-state index >= 15 is 0 Å². The van der Waals surface area contributed by atoms with Crippen LogP contribution in [0.5, 0.6) is 0 Å². The smallest absolute Gasteiger partial charge is 0.305 e. The topological polar surface area (TPSA) is 35.5 Å². The summed E-state index contributed by atoms with van der Waals surface area (Å²) in [5.41, 5.74) is 0. The van der Waals surface area contributed by atoms with E-state index in [0.29, 0.717) is 6.42 Å². The Bertz CT molecular complexity index is 301. The number of hydrogen-bond acceptors (Lipinski definition) is 3. The Labute approximate surface area is 162 Å². The van der Waals surface area contributed by atoms with Crippen molar-refractivity contribution < 1.29 is 14.3 Å². The first-order valence-electron chi connectivity index (χ1n) is 11.1. The van der Waals surface area contributed by atoms with E-state index in [1.54, 1.807) is 0 Å². The van der Waals surface area contributed by atoms with Gasteiger partial charge in [-0.05, 0) is 44.9 Å². The van der Waals surface area contributed by atoms with Crippen molar-refractivity contribution in [3.63, 3.8) is 0 Å². The molecule has 0 amide bonds. The van der Waals surface area contributed by atoms with Crippen molar-refractivity contribution in [1.82, 2.24) is 0 Å². The van der Waals surface area contributed by atoms with Gasteiger partial charge >= 0.3 is 5.97 Å². The molecule has 1 fully saturated rings. The number of unbranched alkanes of at least 4 members (excludes halogenated alkanes) is 11. The van der Waals surface area contributed by atoms with Gasteiger partial charge in [0.2, 0.25) is 0 Å². The van der Waals surface area contributed by atoms with Crippen LogP contribution in [0.4, 0.5) is 0 Å². The van der Waals surface area contributed by atoms with E-state index in [4.69, 9.17) is 4.74 Å². The summed E-state index contributed by atoms with van der Waals surface area (Å²) < 4.78 is 9.57. The van der Waals surface area contributed by atoms with Crippen LogP contribution in [0.15, 0.2) is 12.2 Å². The van der Waals surface area contributed by atoms with E-state index in [-0.39, 0.29) is 5.97 Å². The van der Waals surface area contributed by atoms with Crippen molar-refractivity contribution in [2.75, 3.05) is 20.3 Å². The van der Waals surface area contributed by atoms with Crippen LogP contribution in [0, 0.1) is 0 Å². The molecular weight excluding hydrogens is 324 g/mol. The fourth-order valence-corrected chi connectivity index (χ4v) is 2.95. The highest BCUT2D eigenvalue weighted by molar-refractivity contribution is 5.68. The van der Waals surface area contributed by atoms with Gasteiger partial charge in [0.15, 0.2) is 0 Å². The molecule has 3 nitrogen and oxygen atoms in total. The highest BCUT2D eigenvalue weighted by Crippen LogP contribution is 2.10. The van der Waals surface area contributed by atoms with E-state index in [9.17, 15) is 4.79 Å². The van der Waals surface area contributed by atoms with Crippen LogP contribution < -0.4 is 0 Å². The van der Waals surface area contributed by atoms with Gasteiger partial charge in [-0.2, -0.15) is 0 Å². The standard InChI is InChI=1S/C19H36O2.C4H8O/c1-3-4-5-6-7-8-9-10-11-12-13-14-15-16-17-18-19(20)21-2;1-2-4-5-3-1/h10-11H,3-9,12-18H2,1-2H3;1-4H2/b11-10-;. The number of carbonyl (C=O) groups excluding carboxylic acids is 1. The molecule has 0 N–H and O–H groups in total. The zero-order valence-corrected chi connectivity index (χ0v) is 17.6. The molecule has 1 aliphatic rings. The van der Waals surface area contributed by atoms with Crippen LogP contribution in [0.2, 0.25) is 0 Å². The van der Waals surface area contributed by atoms with Crippen LogP contribution >= 0.6 is 0 Å². The maximum absolute atomic E-state index is 10.9. The molecule has 154 valence electrons. The van der Waals surface area contributed by atoms with Crippen LogP contribution in [0.25, 0.3) is 0 Å². The van der Waals surface area contributed by atoms with Crippen molar-refractivity contribution >= 4 is 5.97 Å². The summed E-state index contributed by atoms with van der Waals surface area (Å²) in [6.07, 6.45) is 24.5. The van der Waals surface area contributed by atoms with E-state index in [2.05, 4.69) is 23.8 Å². The second-order valence-electron chi connectivity index (χ2n) is 7.23. The van der Waals surface area contributed by atoms with Crippen molar-refractivity contribution in [1.29, 1.82) is 0 Å². The molecule has 1 heterocycles. The van der Waals surface area contributed by atoms with Gasteiger partial charge in [-0.25, -0.2) is 0 Å². The summed E-state index contributed by atoms with van der Waals surface area (Å²) in [7, 11) is 1.46. The minimum Gasteiger partial charge on any atom is -0.469 e. The third kappa shape index (κ3) is 21.2. The Kier molecular flexibility index (Phi) is 21.5. The maximum atomic E-state index is 10.9. The fourth-order valence-electron chi connectivity index (χ4n) is 2.95. The van der Waals surface area contributed by atoms with E-state index in [1.807, 2.05) is 0 Å². The Morgan fingerprint density at radius 2 is 1.31 bits per heavy atom. The summed E-state index contributed by atoms with van der Waals surface area (Å²) >= 11 is 0. The number of esters is 1. The lowest BCUT2D eigenvalue weighted by Gasteiger charge is -2.00. The highest BCUT2D eigenvalue weighted by atomic mass is 16.5. The number of ether oxygens (including phenoxy) is 2. The summed E-state index contributed by atoms with van der Waals surface area (Å²) in [5, 5.41) is 0. The molecule has 3 heteroatoms. The van der Waals surface area contributed by atoms with Gasteiger partial charge in [0.1, 0.15) is 0 Å². The molecule has 1 saturated heterocycles. The highest BCUT2D eigenvalue weighted by Gasteiger charge is 1.98. The molecular formula is C23H44O3. The van der Waals surface area contributed by atoms with Crippen LogP contribution in [0.3, 0.4) is 0 Å². The Morgan fingerprint density at radius 1 is 0.808 bits per heavy atom. The third-order valence-electron chi connectivity index (χ3n) is 4.70. The van der Waals surface area contributed by atoms with Gasteiger partial charge < -0.3 is 9.47 Å². The van der Waals surface area contributed by atoms with E-state index < -0.39 is 0 Å². The van der Waals surface area contributed by atoms with Crippen molar-refractivity contribution in [3.8, 4) is 0 Å². The Hall–Kier alpha value is -0.830. The minimum atomic E-state index is -0.0763. The zero-order valence-electron chi connectivity index (χ0n) is 17.6. The van der Waals surface area contributed by atoms with Gasteiger partial charge in [0.05, 0.1) is 7.11 Å². The normalized spacial score (nSPS) is 13.6. The maximum Gasteiger partial charge on any atom is 0.305 e. The predicted molar refractivity (Wildman–Crippen MR) is 112 cm³/mol. The Balaban J connectivity index is 0.00000106. The lowest BCUT2D eigenvalue weighted by atomic mass is 10.1. The molecule has 0 spiro atoms. The van der Waals surface area contributed by atoms with Crippen LogP contribution in [0.1, 0.15) is 110 Å². The number of allylic oxidation sites excluding steroid dienone is 2. The third-order valence-corrected chi connectivity index (χ3v) is 4.70. The zero-order chi connectivity index (χ0) is 19.1. The van der Waals surface area contributed by atoms with Gasteiger partial charge in [0, 0.05) is 19.6 Å². The number of rotatable bonds is 15. The molecule has 26 heavy (non-hydrogen) atoms. The molecule has 0 aromatic rings. The minimum absolute atomic E-state index is 0.0763. The number of hydrogen-bond donors (Lipinski definition) is 0. The van der Waals surface area contributed by atoms with Gasteiger partial charge in [-0.1, -0.05) is 70.4 Å². The second kappa shape index (κ2) is 22.2. The summed E-state index contributed by atoms with van der Waals surface area (Å²) in [6, 6.07) is 0. The SMILES string of the molecule is C1CCOC1.CCCCCCCC/C=C\CCCCCCCC(=O)OC. The summed E-state index contributed by atoms with van der Waals surface area (Å²) in [6.45, 7) is 4.27. The average Bonchev–Trinajstić information content (AvgIpc) is 3.24. The van der Waals surface area contributed by atoms with Gasteiger partial charge in [-0.3, -0.25) is 4.79 Å². The molecule has 0 aromatic heterocycles. The molecule has 0 aliphatic carbocycles. The first kappa shape index (κ1) is 25.2. The predicted octanol–water partition coefficient (Wildman–Crippen LogP) is 6.99. The molecule has 1 aliphatic heterocycles. The molecule has 0 radical (unpaired) electrons. The lowest BCUT2D eigenvalue weighted by Crippen LogP contribution is -1.98. The number of carbonyl (C=O) groups is 1. The van der Waals surface area contributed by atoms with Gasteiger partial charge in [-0.15, -0.1) is 0 Å². The average molecular weight is 369 g/mol. The van der Waals surface area contributed by atoms with Crippen LogP contribution in [-0.2, 0) is 14.3 Å². The van der Waals surface area contributed by atoms with Gasteiger partial charge in [0.25, 0.3) is 0 Å². The van der Waals surface area contributed by atoms with Crippen LogP contribution in [-0.4, -0.2) is 26.3 Å². The number of methoxy groups -OCH3 is 1. The fraction of sp³-hybridized carbons (Fsp3) is 0.870. The summed E-state index contributed by atoms with van der Waals surface area (Å²) in [4.78, 5) is 10.9. The molecule has 0 bridgehead atoms. The second-order valence-corrected chi connectivity index (χ2v) is 7.23. The molecule has 0 unspecified atom stereocenters. The lowest BCUT2D eigenvalue weighted by molar-refractivity contribution is -0.140. The quantitative estimate of drug-likeness (QED) is 0.177. The first-order chi connectivity index (χ1) is 12.8. The molecule has 0 saturated carbocycles. The van der Waals surface area contributed by atoms with E-state index in [0.717, 1.165) is 26.1 Å². The first-order valence-corrected chi connectivity index (χ1v) is 11.1. The molecule has 0 atom stereocenters. The van der Waals surface area contributed by atoms with Crippen molar-refractivity contribution in [3.05, 3.63) is 12.2 Å². The monoisotopic (exact) mass is 368 g/mol. The molecule has 1 rings (SSSR count). The Morgan fingerprint density at radius 3 is 1.77 bits per heavy atom. The van der Waals surface area contributed by atoms with E-state index in [1.165, 1.54) is 90.6 Å². The molecule has 0 aromatic carbocycles. The summed E-state index contributed by atoms with van der Waals surface area (Å²) in [5.74, 6) is -0.0763. The van der Waals surface area contributed by atoms with Crippen molar-refractivity contribution in [2.24, 2.45) is 0 Å². The largest absolute Gasteiger partial charge is 0.469 e.